The van der Waals surface area contributed by atoms with Crippen LogP contribution < -0.4 is 5.73 Å². The monoisotopic (exact) mass is 198 g/mol. The van der Waals surface area contributed by atoms with Gasteiger partial charge in [-0.3, -0.25) is 4.79 Å². The number of hydrogen-bond acceptors (Lipinski definition) is 3. The van der Waals surface area contributed by atoms with E-state index in [4.69, 9.17) is 5.73 Å². The summed E-state index contributed by atoms with van der Waals surface area (Å²) in [6.07, 6.45) is 2.62. The molecule has 0 bridgehead atoms. The Labute approximate surface area is 84.1 Å². The molecule has 0 radical (unpaired) electrons. The lowest BCUT2D eigenvalue weighted by molar-refractivity contribution is -0.159. The van der Waals surface area contributed by atoms with Gasteiger partial charge in [0.2, 0.25) is 5.91 Å². The number of nitrogens with two attached hydrogens (primary N) is 1. The lowest BCUT2D eigenvalue weighted by Gasteiger charge is -2.47. The van der Waals surface area contributed by atoms with Crippen LogP contribution in [0.5, 0.6) is 0 Å². The molecule has 4 nitrogen and oxygen atoms in total. The molecule has 1 unspecified atom stereocenters. The van der Waals surface area contributed by atoms with Crippen molar-refractivity contribution in [2.75, 3.05) is 13.1 Å². The van der Waals surface area contributed by atoms with Gasteiger partial charge in [0.05, 0.1) is 13.1 Å². The van der Waals surface area contributed by atoms with E-state index in [1.807, 2.05) is 6.92 Å². The summed E-state index contributed by atoms with van der Waals surface area (Å²) < 4.78 is 0. The van der Waals surface area contributed by atoms with Crippen molar-refractivity contribution in [3.8, 4) is 0 Å². The van der Waals surface area contributed by atoms with Crippen molar-refractivity contribution in [3.63, 3.8) is 0 Å². The number of hydrogen-bond donors (Lipinski definition) is 2. The summed E-state index contributed by atoms with van der Waals surface area (Å²) in [4.78, 5) is 13.2. The van der Waals surface area contributed by atoms with Crippen LogP contribution in [0.15, 0.2) is 0 Å². The van der Waals surface area contributed by atoms with E-state index in [9.17, 15) is 9.90 Å². The van der Waals surface area contributed by atoms with Gasteiger partial charge in [0, 0.05) is 12.5 Å². The molecule has 1 aliphatic heterocycles. The fourth-order valence-corrected chi connectivity index (χ4v) is 2.07. The molecule has 0 aromatic heterocycles. The Bertz CT molecular complexity index is 243. The van der Waals surface area contributed by atoms with Gasteiger partial charge in [0.25, 0.3) is 0 Å². The summed E-state index contributed by atoms with van der Waals surface area (Å²) in [5.41, 5.74) is 4.98. The predicted molar refractivity (Wildman–Crippen MR) is 52.5 cm³/mol. The number of likely N-dealkylation sites (tertiary alicyclic amines) is 1. The highest BCUT2D eigenvalue weighted by atomic mass is 16.3. The Morgan fingerprint density at radius 2 is 2.21 bits per heavy atom. The number of nitrogens with zero attached hydrogens (tertiary/aromatic N) is 1. The first-order valence-electron chi connectivity index (χ1n) is 5.27. The number of aliphatic hydroxyl groups is 1. The third-order valence-electron chi connectivity index (χ3n) is 3.12. The van der Waals surface area contributed by atoms with Crippen LogP contribution in [0.25, 0.3) is 0 Å². The molecule has 0 aromatic carbocycles. The summed E-state index contributed by atoms with van der Waals surface area (Å²) in [6.45, 7) is 2.86. The molecule has 2 fully saturated rings. The molecule has 1 aliphatic carbocycles. The zero-order valence-corrected chi connectivity index (χ0v) is 8.57. The van der Waals surface area contributed by atoms with E-state index >= 15 is 0 Å². The Kier molecular flexibility index (Phi) is 2.27. The van der Waals surface area contributed by atoms with Crippen molar-refractivity contribution in [3.05, 3.63) is 0 Å². The van der Waals surface area contributed by atoms with Crippen LogP contribution in [0.1, 0.15) is 26.2 Å². The van der Waals surface area contributed by atoms with Crippen molar-refractivity contribution in [2.24, 2.45) is 11.7 Å². The summed E-state index contributed by atoms with van der Waals surface area (Å²) in [5.74, 6) is 0.521. The van der Waals surface area contributed by atoms with Crippen LogP contribution in [0.3, 0.4) is 0 Å². The van der Waals surface area contributed by atoms with E-state index in [1.54, 1.807) is 4.90 Å². The third kappa shape index (κ3) is 1.77. The minimum atomic E-state index is -0.562. The Morgan fingerprint density at radius 1 is 1.64 bits per heavy atom. The molecule has 1 saturated carbocycles. The summed E-state index contributed by atoms with van der Waals surface area (Å²) in [6, 6.07) is -0.0860. The second-order valence-electron chi connectivity index (χ2n) is 4.81. The number of carbonyl (C=O) groups excluding carboxylic acids is 1. The van der Waals surface area contributed by atoms with Crippen LogP contribution in [0.2, 0.25) is 0 Å². The Hall–Kier alpha value is -0.610. The average Bonchev–Trinajstić information content (AvgIpc) is 2.78. The number of rotatable bonds is 3. The van der Waals surface area contributed by atoms with E-state index in [0.29, 0.717) is 25.4 Å². The molecule has 2 rings (SSSR count). The molecular weight excluding hydrogens is 180 g/mol. The van der Waals surface area contributed by atoms with Crippen molar-refractivity contribution in [2.45, 2.75) is 37.8 Å². The van der Waals surface area contributed by atoms with Crippen LogP contribution in [-0.4, -0.2) is 40.6 Å². The van der Waals surface area contributed by atoms with Gasteiger partial charge in [0.1, 0.15) is 5.60 Å². The molecule has 1 saturated heterocycles. The summed E-state index contributed by atoms with van der Waals surface area (Å²) in [5, 5.41) is 9.98. The number of β-amino-alcohol motifs (C(OH)–C–C–N with tert-alkyl or cyclic N) is 1. The highest BCUT2D eigenvalue weighted by molar-refractivity contribution is 5.78. The molecule has 1 heterocycles. The van der Waals surface area contributed by atoms with Crippen molar-refractivity contribution >= 4 is 5.91 Å². The van der Waals surface area contributed by atoms with E-state index in [2.05, 4.69) is 0 Å². The van der Waals surface area contributed by atoms with Gasteiger partial charge in [-0.2, -0.15) is 0 Å². The zero-order chi connectivity index (χ0) is 10.3. The number of carbonyl (C=O) groups is 1. The van der Waals surface area contributed by atoms with E-state index in [0.717, 1.165) is 12.8 Å². The lowest BCUT2D eigenvalue weighted by atomic mass is 9.88. The molecule has 3 N–H and O–H groups in total. The molecule has 4 heteroatoms. The summed E-state index contributed by atoms with van der Waals surface area (Å²) in [7, 11) is 0. The summed E-state index contributed by atoms with van der Waals surface area (Å²) >= 11 is 0. The van der Waals surface area contributed by atoms with Crippen molar-refractivity contribution < 1.29 is 9.90 Å². The normalized spacial score (nSPS) is 26.9. The SMILES string of the molecule is CC(N)CC(=O)N1CC(O)(C2CC2)C1. The van der Waals surface area contributed by atoms with Gasteiger partial charge < -0.3 is 15.7 Å². The molecule has 1 amide bonds. The highest BCUT2D eigenvalue weighted by Crippen LogP contribution is 2.44. The minimum Gasteiger partial charge on any atom is -0.386 e. The van der Waals surface area contributed by atoms with Crippen LogP contribution in [0, 0.1) is 5.92 Å². The van der Waals surface area contributed by atoms with Gasteiger partial charge in [0.15, 0.2) is 0 Å². The van der Waals surface area contributed by atoms with Gasteiger partial charge in [-0.05, 0) is 25.7 Å². The second-order valence-corrected chi connectivity index (χ2v) is 4.81. The van der Waals surface area contributed by atoms with Gasteiger partial charge >= 0.3 is 0 Å². The molecule has 1 atom stereocenters. The third-order valence-corrected chi connectivity index (χ3v) is 3.12. The average molecular weight is 198 g/mol. The van der Waals surface area contributed by atoms with Crippen molar-refractivity contribution in [1.82, 2.24) is 4.90 Å². The Morgan fingerprint density at radius 3 is 2.64 bits per heavy atom. The van der Waals surface area contributed by atoms with E-state index in [-0.39, 0.29) is 11.9 Å². The fraction of sp³-hybridized carbons (Fsp3) is 0.900. The smallest absolute Gasteiger partial charge is 0.224 e. The van der Waals surface area contributed by atoms with E-state index < -0.39 is 5.60 Å². The quantitative estimate of drug-likeness (QED) is 0.654. The van der Waals surface area contributed by atoms with Crippen LogP contribution >= 0.6 is 0 Å². The standard InChI is InChI=1S/C10H18N2O2/c1-7(11)4-9(13)12-5-10(14,6-12)8-2-3-8/h7-8,14H,2-6,11H2,1H3. The molecule has 0 aromatic rings. The maximum absolute atomic E-state index is 11.5. The highest BCUT2D eigenvalue weighted by Gasteiger charge is 2.53. The van der Waals surface area contributed by atoms with Crippen molar-refractivity contribution in [1.29, 1.82) is 0 Å². The largest absolute Gasteiger partial charge is 0.386 e. The fourth-order valence-electron chi connectivity index (χ4n) is 2.07. The van der Waals surface area contributed by atoms with Gasteiger partial charge in [-0.15, -0.1) is 0 Å². The van der Waals surface area contributed by atoms with Crippen LogP contribution in [-0.2, 0) is 4.79 Å². The van der Waals surface area contributed by atoms with E-state index in [1.165, 1.54) is 0 Å². The van der Waals surface area contributed by atoms with Gasteiger partial charge in [-0.25, -0.2) is 0 Å². The first-order valence-corrected chi connectivity index (χ1v) is 5.27. The predicted octanol–water partition coefficient (Wildman–Crippen LogP) is -0.293. The molecule has 0 spiro atoms. The first kappa shape index (κ1) is 9.93. The molecule has 14 heavy (non-hydrogen) atoms. The lowest BCUT2D eigenvalue weighted by Crippen LogP contribution is -2.65. The maximum Gasteiger partial charge on any atom is 0.224 e. The van der Waals surface area contributed by atoms with Crippen LogP contribution in [0.4, 0.5) is 0 Å². The second kappa shape index (κ2) is 3.21. The molecule has 2 aliphatic rings. The molecule has 80 valence electrons. The topological polar surface area (TPSA) is 66.6 Å². The number of amides is 1. The minimum absolute atomic E-state index is 0.0744. The maximum atomic E-state index is 11.5. The van der Waals surface area contributed by atoms with Gasteiger partial charge in [-0.1, -0.05) is 0 Å². The Balaban J connectivity index is 1.78. The molecular formula is C10H18N2O2. The zero-order valence-electron chi connectivity index (χ0n) is 8.57. The first-order chi connectivity index (χ1) is 6.51.